The molecule has 0 unspecified atom stereocenters. The lowest BCUT2D eigenvalue weighted by molar-refractivity contribution is 0.0699. The van der Waals surface area contributed by atoms with E-state index in [2.05, 4.69) is 20.1 Å². The number of nitrogens with zero attached hydrogens (tertiary/aromatic N) is 4. The van der Waals surface area contributed by atoms with Crippen molar-refractivity contribution >= 4 is 17.1 Å². The minimum Gasteiger partial charge on any atom is -0.478 e. The normalized spacial score (nSPS) is 10.9. The molecule has 3 rings (SSSR count). The van der Waals surface area contributed by atoms with Crippen LogP contribution in [0.5, 0.6) is 0 Å². The second-order valence-corrected chi connectivity index (χ2v) is 3.85. The van der Waals surface area contributed by atoms with E-state index in [9.17, 15) is 4.79 Å². The first kappa shape index (κ1) is 10.5. The van der Waals surface area contributed by atoms with Gasteiger partial charge in [0.2, 0.25) is 0 Å². The molecule has 0 bridgehead atoms. The van der Waals surface area contributed by atoms with Crippen molar-refractivity contribution in [2.75, 3.05) is 0 Å². The zero-order valence-electron chi connectivity index (χ0n) is 9.45. The summed E-state index contributed by atoms with van der Waals surface area (Å²) in [5.41, 5.74) is 1.74. The van der Waals surface area contributed by atoms with Gasteiger partial charge in [-0.2, -0.15) is 5.10 Å². The van der Waals surface area contributed by atoms with Crippen molar-refractivity contribution < 1.29 is 9.90 Å². The Balaban J connectivity index is 2.22. The first-order valence-electron chi connectivity index (χ1n) is 5.22. The summed E-state index contributed by atoms with van der Waals surface area (Å²) < 4.78 is 1.65. The molecule has 3 aromatic rings. The van der Waals surface area contributed by atoms with E-state index in [1.54, 1.807) is 24.1 Å². The SMILES string of the molecule is Cn1cc(-c2nc3nccc(C(=O)O)c3[nH]2)cn1. The highest BCUT2D eigenvalue weighted by Gasteiger charge is 2.14. The summed E-state index contributed by atoms with van der Waals surface area (Å²) in [6.45, 7) is 0. The van der Waals surface area contributed by atoms with Gasteiger partial charge in [0.25, 0.3) is 0 Å². The third-order valence-electron chi connectivity index (χ3n) is 2.60. The van der Waals surface area contributed by atoms with Gasteiger partial charge < -0.3 is 10.1 Å². The van der Waals surface area contributed by atoms with Crippen LogP contribution in [0.3, 0.4) is 0 Å². The highest BCUT2D eigenvalue weighted by molar-refractivity contribution is 6.00. The first-order valence-corrected chi connectivity index (χ1v) is 5.22. The van der Waals surface area contributed by atoms with Crippen LogP contribution in [0, 0.1) is 0 Å². The van der Waals surface area contributed by atoms with E-state index >= 15 is 0 Å². The molecule has 7 nitrogen and oxygen atoms in total. The fourth-order valence-electron chi connectivity index (χ4n) is 1.77. The third kappa shape index (κ3) is 1.53. The van der Waals surface area contributed by atoms with Crippen LogP contribution >= 0.6 is 0 Å². The summed E-state index contributed by atoms with van der Waals surface area (Å²) >= 11 is 0. The van der Waals surface area contributed by atoms with Crippen LogP contribution in [-0.2, 0) is 7.05 Å². The predicted octanol–water partition coefficient (Wildman–Crippen LogP) is 1.06. The largest absolute Gasteiger partial charge is 0.478 e. The van der Waals surface area contributed by atoms with Crippen LogP contribution in [-0.4, -0.2) is 35.8 Å². The smallest absolute Gasteiger partial charge is 0.338 e. The number of carboxylic acids is 1. The lowest BCUT2D eigenvalue weighted by Gasteiger charge is -1.93. The van der Waals surface area contributed by atoms with E-state index in [-0.39, 0.29) is 5.56 Å². The summed E-state index contributed by atoms with van der Waals surface area (Å²) in [4.78, 5) is 22.3. The van der Waals surface area contributed by atoms with Gasteiger partial charge in [0.05, 0.1) is 22.8 Å². The number of aryl methyl sites for hydroxylation is 1. The number of nitrogens with one attached hydrogen (secondary N) is 1. The van der Waals surface area contributed by atoms with Gasteiger partial charge in [-0.25, -0.2) is 14.8 Å². The van der Waals surface area contributed by atoms with E-state index in [0.717, 1.165) is 5.56 Å². The molecule has 0 spiro atoms. The van der Waals surface area contributed by atoms with Crippen molar-refractivity contribution in [3.63, 3.8) is 0 Å². The number of fused-ring (bicyclic) bond motifs is 1. The van der Waals surface area contributed by atoms with Crippen molar-refractivity contribution in [1.82, 2.24) is 24.7 Å². The van der Waals surface area contributed by atoms with E-state index in [4.69, 9.17) is 5.11 Å². The quantitative estimate of drug-likeness (QED) is 0.701. The Bertz CT molecular complexity index is 743. The Morgan fingerprint density at radius 1 is 1.50 bits per heavy atom. The Hall–Kier alpha value is -2.70. The van der Waals surface area contributed by atoms with Crippen molar-refractivity contribution in [2.45, 2.75) is 0 Å². The maximum absolute atomic E-state index is 11.1. The van der Waals surface area contributed by atoms with Gasteiger partial charge in [-0.3, -0.25) is 4.68 Å². The predicted molar refractivity (Wildman–Crippen MR) is 63.1 cm³/mol. The van der Waals surface area contributed by atoms with Crippen LogP contribution in [0.15, 0.2) is 24.7 Å². The number of pyridine rings is 1. The molecule has 3 heterocycles. The average Bonchev–Trinajstić information content (AvgIpc) is 2.93. The summed E-state index contributed by atoms with van der Waals surface area (Å²) in [5.74, 6) is -0.455. The summed E-state index contributed by atoms with van der Waals surface area (Å²) in [5, 5.41) is 13.1. The van der Waals surface area contributed by atoms with Crippen LogP contribution in [0.1, 0.15) is 10.4 Å². The lowest BCUT2D eigenvalue weighted by atomic mass is 10.2. The number of hydrogen-bond donors (Lipinski definition) is 2. The summed E-state index contributed by atoms with van der Waals surface area (Å²) in [6.07, 6.45) is 4.87. The van der Waals surface area contributed by atoms with Gasteiger partial charge in [-0.15, -0.1) is 0 Å². The Labute approximate surface area is 101 Å². The molecule has 0 amide bonds. The number of aromatic carboxylic acids is 1. The molecule has 0 saturated carbocycles. The molecule has 90 valence electrons. The molecule has 0 aliphatic heterocycles. The van der Waals surface area contributed by atoms with Gasteiger partial charge in [-0.05, 0) is 6.07 Å². The van der Waals surface area contributed by atoms with Crippen LogP contribution in [0.2, 0.25) is 0 Å². The maximum atomic E-state index is 11.1. The van der Waals surface area contributed by atoms with Crippen molar-refractivity contribution in [3.05, 3.63) is 30.2 Å². The van der Waals surface area contributed by atoms with Gasteiger partial charge >= 0.3 is 5.97 Å². The summed E-state index contributed by atoms with van der Waals surface area (Å²) in [6, 6.07) is 1.44. The molecule has 2 N–H and O–H groups in total. The standard InChI is InChI=1S/C11H9N5O2/c1-16-5-6(4-13-16)9-14-8-7(11(17)18)2-3-12-10(8)15-9/h2-5H,1H3,(H,17,18)(H,12,14,15). The highest BCUT2D eigenvalue weighted by atomic mass is 16.4. The second kappa shape index (κ2) is 3.66. The molecule has 7 heteroatoms. The van der Waals surface area contributed by atoms with E-state index < -0.39 is 5.97 Å². The highest BCUT2D eigenvalue weighted by Crippen LogP contribution is 2.20. The van der Waals surface area contributed by atoms with Crippen molar-refractivity contribution in [2.24, 2.45) is 7.05 Å². The minimum absolute atomic E-state index is 0.155. The zero-order chi connectivity index (χ0) is 12.7. The number of imidazole rings is 1. The Kier molecular flexibility index (Phi) is 2.12. The number of carboxylic acid groups (broad SMARTS) is 1. The number of hydrogen-bond acceptors (Lipinski definition) is 4. The molecule has 3 aromatic heterocycles. The first-order chi connectivity index (χ1) is 8.65. The topological polar surface area (TPSA) is 96.7 Å². The Morgan fingerprint density at radius 3 is 3.00 bits per heavy atom. The van der Waals surface area contributed by atoms with E-state index in [1.807, 2.05) is 0 Å². The molecule has 0 aromatic carbocycles. The Morgan fingerprint density at radius 2 is 2.33 bits per heavy atom. The number of rotatable bonds is 2. The third-order valence-corrected chi connectivity index (χ3v) is 2.60. The maximum Gasteiger partial charge on any atom is 0.338 e. The molecular formula is C11H9N5O2. The molecule has 18 heavy (non-hydrogen) atoms. The van der Waals surface area contributed by atoms with E-state index in [1.165, 1.54) is 12.3 Å². The van der Waals surface area contributed by atoms with Gasteiger partial charge in [0.15, 0.2) is 5.65 Å². The molecule has 0 fully saturated rings. The number of carbonyl (C=O) groups is 1. The molecule has 0 saturated heterocycles. The van der Waals surface area contributed by atoms with Gasteiger partial charge in [-0.1, -0.05) is 0 Å². The molecule has 0 atom stereocenters. The van der Waals surface area contributed by atoms with Crippen molar-refractivity contribution in [3.8, 4) is 11.4 Å². The molecule has 0 aliphatic rings. The number of aromatic amines is 1. The number of H-pyrrole nitrogens is 1. The molecule has 0 aliphatic carbocycles. The fourth-order valence-corrected chi connectivity index (χ4v) is 1.77. The van der Waals surface area contributed by atoms with Crippen LogP contribution < -0.4 is 0 Å². The molecular weight excluding hydrogens is 234 g/mol. The van der Waals surface area contributed by atoms with Crippen molar-refractivity contribution in [1.29, 1.82) is 0 Å². The van der Waals surface area contributed by atoms with E-state index in [0.29, 0.717) is 17.0 Å². The minimum atomic E-state index is -1.01. The zero-order valence-corrected chi connectivity index (χ0v) is 9.45. The summed E-state index contributed by atoms with van der Waals surface area (Å²) in [7, 11) is 1.80. The molecule has 0 radical (unpaired) electrons. The second-order valence-electron chi connectivity index (χ2n) is 3.85. The number of aromatic nitrogens is 5. The van der Waals surface area contributed by atoms with Gasteiger partial charge in [0, 0.05) is 19.4 Å². The average molecular weight is 243 g/mol. The van der Waals surface area contributed by atoms with Crippen LogP contribution in [0.25, 0.3) is 22.6 Å². The van der Waals surface area contributed by atoms with Crippen LogP contribution in [0.4, 0.5) is 0 Å². The fraction of sp³-hybridized carbons (Fsp3) is 0.0909. The lowest BCUT2D eigenvalue weighted by Crippen LogP contribution is -1.97. The van der Waals surface area contributed by atoms with Gasteiger partial charge in [0.1, 0.15) is 5.82 Å². The monoisotopic (exact) mass is 243 g/mol.